The van der Waals surface area contributed by atoms with Crippen molar-refractivity contribution in [1.29, 1.82) is 0 Å². The van der Waals surface area contributed by atoms with E-state index in [4.69, 9.17) is 23.7 Å². The smallest absolute Gasteiger partial charge is 0.426 e. The molecule has 10 heteroatoms. The van der Waals surface area contributed by atoms with Crippen LogP contribution >= 0.6 is 0 Å². The standard InChI is InChI=1S/C34H30F4O5.C3H4O/c1-3-32(39)41-25-9-5-7-11-27-14-18-29(19-15-27)34(37,38)43-31-22-20-30(21-23-31)42-33(35,36)28-16-12-26(13-17-28)10-6-4-8-24-40-2;1-2-3-4/h3,12-23H,1,4-5,8-9,24-25H2,2H3;2-3H,1H2. The van der Waals surface area contributed by atoms with E-state index in [2.05, 4.69) is 36.8 Å². The molecule has 0 saturated heterocycles. The molecule has 246 valence electrons. The number of alkyl halides is 4. The van der Waals surface area contributed by atoms with Crippen LogP contribution in [0.15, 0.2) is 98.1 Å². The third kappa shape index (κ3) is 14.1. The topological polar surface area (TPSA) is 71.1 Å². The lowest BCUT2D eigenvalue weighted by Crippen LogP contribution is -2.22. The maximum atomic E-state index is 14.7. The normalized spacial score (nSPS) is 10.4. The molecule has 3 aromatic rings. The molecule has 0 N–H and O–H groups in total. The second-order valence-corrected chi connectivity index (χ2v) is 9.41. The Morgan fingerprint density at radius 1 is 0.723 bits per heavy atom. The fourth-order valence-corrected chi connectivity index (χ4v) is 3.51. The van der Waals surface area contributed by atoms with Gasteiger partial charge >= 0.3 is 18.2 Å². The number of methoxy groups -OCH3 is 1. The average molecular weight is 651 g/mol. The van der Waals surface area contributed by atoms with Crippen LogP contribution in [0.25, 0.3) is 0 Å². The molecule has 6 nitrogen and oxygen atoms in total. The van der Waals surface area contributed by atoms with Gasteiger partial charge in [0.05, 0.1) is 17.7 Å². The Bertz CT molecular complexity index is 1550. The molecule has 0 aliphatic heterocycles. The number of halogens is 4. The number of hydrogen-bond donors (Lipinski definition) is 0. The van der Waals surface area contributed by atoms with E-state index in [0.717, 1.165) is 36.8 Å². The highest BCUT2D eigenvalue weighted by Crippen LogP contribution is 2.35. The SMILES string of the molecule is C=CC(=O)OCCCC#Cc1ccc(C(F)(F)Oc2ccc(OC(F)(F)c3ccc(C#CCCCOC)cc3)cc2)cc1.C=CC=O. The summed E-state index contributed by atoms with van der Waals surface area (Å²) in [5.41, 5.74) is 0.309. The highest BCUT2D eigenvalue weighted by atomic mass is 19.3. The van der Waals surface area contributed by atoms with Crippen LogP contribution in [-0.4, -0.2) is 32.6 Å². The van der Waals surface area contributed by atoms with Gasteiger partial charge in [-0.1, -0.05) is 36.8 Å². The second kappa shape index (κ2) is 19.9. The predicted octanol–water partition coefficient (Wildman–Crippen LogP) is 7.95. The van der Waals surface area contributed by atoms with Crippen molar-refractivity contribution in [2.75, 3.05) is 20.3 Å². The van der Waals surface area contributed by atoms with Crippen molar-refractivity contribution in [2.45, 2.75) is 37.9 Å². The Hall–Kier alpha value is -5.32. The number of allylic oxidation sites excluding steroid dienone is 1. The van der Waals surface area contributed by atoms with Crippen LogP contribution in [0.3, 0.4) is 0 Å². The van der Waals surface area contributed by atoms with Crippen LogP contribution in [0.2, 0.25) is 0 Å². The van der Waals surface area contributed by atoms with E-state index in [0.29, 0.717) is 43.3 Å². The zero-order valence-electron chi connectivity index (χ0n) is 25.8. The average Bonchev–Trinajstić information content (AvgIpc) is 3.07. The van der Waals surface area contributed by atoms with Crippen molar-refractivity contribution in [2.24, 2.45) is 0 Å². The molecule has 0 saturated carbocycles. The van der Waals surface area contributed by atoms with E-state index in [1.54, 1.807) is 7.11 Å². The molecule has 47 heavy (non-hydrogen) atoms. The Labute approximate surface area is 272 Å². The van der Waals surface area contributed by atoms with Gasteiger partial charge in [-0.05, 0) is 91.7 Å². The summed E-state index contributed by atoms with van der Waals surface area (Å²) in [7, 11) is 1.61. The third-order valence-corrected chi connectivity index (χ3v) is 5.83. The maximum Gasteiger partial charge on any atom is 0.426 e. The van der Waals surface area contributed by atoms with Gasteiger partial charge < -0.3 is 18.9 Å². The van der Waals surface area contributed by atoms with Crippen molar-refractivity contribution in [1.82, 2.24) is 0 Å². The van der Waals surface area contributed by atoms with Gasteiger partial charge in [-0.2, -0.15) is 17.6 Å². The minimum atomic E-state index is -3.69. The minimum absolute atomic E-state index is 0.206. The van der Waals surface area contributed by atoms with Crippen molar-refractivity contribution < 1.29 is 46.1 Å². The minimum Gasteiger partial charge on any atom is -0.463 e. The summed E-state index contributed by atoms with van der Waals surface area (Å²) in [6.07, 6.45) is -2.07. The number of hydrogen-bond acceptors (Lipinski definition) is 6. The number of rotatable bonds is 14. The molecule has 0 spiro atoms. The molecule has 0 aromatic heterocycles. The van der Waals surface area contributed by atoms with Gasteiger partial charge in [0.25, 0.3) is 0 Å². The lowest BCUT2D eigenvalue weighted by atomic mass is 10.1. The van der Waals surface area contributed by atoms with Crippen molar-refractivity contribution >= 4 is 12.3 Å². The summed E-state index contributed by atoms with van der Waals surface area (Å²) in [6.45, 7) is 7.21. The number of unbranched alkanes of at least 4 members (excludes halogenated alkanes) is 2. The summed E-state index contributed by atoms with van der Waals surface area (Å²) in [6, 6.07) is 15.1. The molecule has 3 rings (SSSR count). The van der Waals surface area contributed by atoms with Crippen LogP contribution in [0.4, 0.5) is 17.6 Å². The summed E-state index contributed by atoms with van der Waals surface area (Å²) in [5.74, 6) is 10.6. The van der Waals surface area contributed by atoms with Gasteiger partial charge in [0.2, 0.25) is 0 Å². The number of esters is 1. The Balaban J connectivity index is 0.00000181. The van der Waals surface area contributed by atoms with Gasteiger partial charge in [0, 0.05) is 43.8 Å². The first-order valence-corrected chi connectivity index (χ1v) is 14.3. The van der Waals surface area contributed by atoms with E-state index >= 15 is 0 Å². The highest BCUT2D eigenvalue weighted by molar-refractivity contribution is 5.81. The summed E-state index contributed by atoms with van der Waals surface area (Å²) < 4.78 is 78.4. The summed E-state index contributed by atoms with van der Waals surface area (Å²) >= 11 is 0. The monoisotopic (exact) mass is 650 g/mol. The Morgan fingerprint density at radius 3 is 1.49 bits per heavy atom. The number of benzene rings is 3. The first-order valence-electron chi connectivity index (χ1n) is 14.3. The zero-order chi connectivity index (χ0) is 34.5. The van der Waals surface area contributed by atoms with Crippen LogP contribution in [0.5, 0.6) is 11.5 Å². The number of aldehydes is 1. The third-order valence-electron chi connectivity index (χ3n) is 5.83. The molecule has 3 aromatic carbocycles. The van der Waals surface area contributed by atoms with E-state index in [-0.39, 0.29) is 23.7 Å². The molecule has 0 amide bonds. The highest BCUT2D eigenvalue weighted by Gasteiger charge is 2.36. The first kappa shape index (κ1) is 37.9. The number of ether oxygens (including phenoxy) is 4. The summed E-state index contributed by atoms with van der Waals surface area (Å²) in [5, 5.41) is 0. The fourth-order valence-electron chi connectivity index (χ4n) is 3.51. The van der Waals surface area contributed by atoms with Gasteiger partial charge in [-0.15, -0.1) is 0 Å². The largest absolute Gasteiger partial charge is 0.463 e. The van der Waals surface area contributed by atoms with E-state index in [1.165, 1.54) is 54.6 Å². The fraction of sp³-hybridized carbons (Fsp3) is 0.243. The van der Waals surface area contributed by atoms with Crippen LogP contribution in [-0.2, 0) is 31.3 Å². The lowest BCUT2D eigenvalue weighted by molar-refractivity contribution is -0.188. The van der Waals surface area contributed by atoms with E-state index in [1.807, 2.05) is 0 Å². The molecule has 0 aliphatic carbocycles. The zero-order valence-corrected chi connectivity index (χ0v) is 25.8. The number of carbonyl (C=O) groups excluding carboxylic acids is 2. The molecule has 0 atom stereocenters. The predicted molar refractivity (Wildman–Crippen MR) is 170 cm³/mol. The molecular weight excluding hydrogens is 616 g/mol. The quantitative estimate of drug-likeness (QED) is 0.0441. The van der Waals surface area contributed by atoms with Crippen molar-refractivity contribution in [3.63, 3.8) is 0 Å². The molecular formula is C37H34F4O6. The molecule has 0 radical (unpaired) electrons. The Kier molecular flexibility index (Phi) is 16.1. The molecule has 0 aliphatic rings. The van der Waals surface area contributed by atoms with Crippen molar-refractivity contribution in [3.05, 3.63) is 120 Å². The lowest BCUT2D eigenvalue weighted by Gasteiger charge is -2.20. The molecule has 0 bridgehead atoms. The first-order chi connectivity index (χ1) is 22.5. The second-order valence-electron chi connectivity index (χ2n) is 9.41. The molecule has 0 fully saturated rings. The van der Waals surface area contributed by atoms with Crippen LogP contribution in [0, 0.1) is 23.7 Å². The Morgan fingerprint density at radius 2 is 1.13 bits per heavy atom. The van der Waals surface area contributed by atoms with Gasteiger partial charge in [-0.3, -0.25) is 4.79 Å². The van der Waals surface area contributed by atoms with E-state index in [9.17, 15) is 22.4 Å². The van der Waals surface area contributed by atoms with Crippen LogP contribution in [0.1, 0.15) is 47.9 Å². The number of carbonyl (C=O) groups is 2. The van der Waals surface area contributed by atoms with Gasteiger partial charge in [0.15, 0.2) is 0 Å². The maximum absolute atomic E-state index is 14.7. The molecule has 0 unspecified atom stereocenters. The van der Waals surface area contributed by atoms with Gasteiger partial charge in [0.1, 0.15) is 17.8 Å². The van der Waals surface area contributed by atoms with Crippen molar-refractivity contribution in [3.8, 4) is 35.2 Å². The summed E-state index contributed by atoms with van der Waals surface area (Å²) in [4.78, 5) is 20.0. The van der Waals surface area contributed by atoms with E-state index < -0.39 is 23.7 Å². The van der Waals surface area contributed by atoms with Gasteiger partial charge in [-0.25, -0.2) is 4.79 Å². The molecule has 0 heterocycles. The van der Waals surface area contributed by atoms with Crippen LogP contribution < -0.4 is 9.47 Å².